The third-order valence-electron chi connectivity index (χ3n) is 5.18. The number of hydrogen-bond acceptors (Lipinski definition) is 5. The van der Waals surface area contributed by atoms with Crippen molar-refractivity contribution in [2.45, 2.75) is 39.4 Å². The number of amides is 2. The van der Waals surface area contributed by atoms with E-state index >= 15 is 0 Å². The fourth-order valence-corrected chi connectivity index (χ4v) is 3.48. The van der Waals surface area contributed by atoms with Crippen LogP contribution in [0.3, 0.4) is 0 Å². The Morgan fingerprint density at radius 1 is 1.21 bits per heavy atom. The molecule has 1 unspecified atom stereocenters. The van der Waals surface area contributed by atoms with Crippen molar-refractivity contribution >= 4 is 17.7 Å². The number of esters is 1. The highest BCUT2D eigenvalue weighted by molar-refractivity contribution is 5.91. The minimum Gasteiger partial charge on any atom is -0.466 e. The number of piperidine rings is 1. The molecule has 1 fully saturated rings. The average Bonchev–Trinajstić information content (AvgIpc) is 2.68. The second-order valence-electron chi connectivity index (χ2n) is 6.96. The van der Waals surface area contributed by atoms with Crippen molar-refractivity contribution in [3.8, 4) is 0 Å². The van der Waals surface area contributed by atoms with Gasteiger partial charge in [0.15, 0.2) is 6.29 Å². The third kappa shape index (κ3) is 5.20. The number of ether oxygens (including phenoxy) is 2. The minimum atomic E-state index is -1.10. The van der Waals surface area contributed by atoms with Crippen LogP contribution in [0.5, 0.6) is 0 Å². The summed E-state index contributed by atoms with van der Waals surface area (Å²) in [5, 5.41) is 10.5. The quantitative estimate of drug-likeness (QED) is 0.566. The Morgan fingerprint density at radius 3 is 2.36 bits per heavy atom. The fourth-order valence-electron chi connectivity index (χ4n) is 3.48. The van der Waals surface area contributed by atoms with E-state index in [-0.39, 0.29) is 30.8 Å². The summed E-state index contributed by atoms with van der Waals surface area (Å²) < 4.78 is 23.5. The van der Waals surface area contributed by atoms with Gasteiger partial charge in [0.2, 0.25) is 0 Å². The number of rotatable bonds is 7. The first-order valence-electron chi connectivity index (χ1n) is 9.56. The Morgan fingerprint density at radius 2 is 1.82 bits per heavy atom. The Hall–Kier alpha value is -2.19. The lowest BCUT2D eigenvalue weighted by molar-refractivity contribution is -0.195. The average molecular weight is 396 g/mol. The van der Waals surface area contributed by atoms with Crippen LogP contribution in [-0.2, 0) is 14.3 Å². The number of anilines is 1. The Kier molecular flexibility index (Phi) is 7.77. The SMILES string of the molecule is CCOC(=O)CC1(C(O)OCC)CCN(C(=O)N(C)c2ccc(F)cc2)CC1. The summed E-state index contributed by atoms with van der Waals surface area (Å²) in [5.74, 6) is -0.749. The van der Waals surface area contributed by atoms with Crippen molar-refractivity contribution in [1.29, 1.82) is 0 Å². The van der Waals surface area contributed by atoms with E-state index in [9.17, 15) is 19.1 Å². The van der Waals surface area contributed by atoms with Gasteiger partial charge >= 0.3 is 12.0 Å². The van der Waals surface area contributed by atoms with Gasteiger partial charge in [0.05, 0.1) is 13.0 Å². The summed E-state index contributed by atoms with van der Waals surface area (Å²) in [6, 6.07) is 5.47. The first kappa shape index (κ1) is 22.1. The number of carbonyl (C=O) groups is 2. The number of hydrogen-bond donors (Lipinski definition) is 1. The van der Waals surface area contributed by atoms with E-state index in [1.807, 2.05) is 0 Å². The fraction of sp³-hybridized carbons (Fsp3) is 0.600. The van der Waals surface area contributed by atoms with Gasteiger partial charge in [-0.15, -0.1) is 0 Å². The van der Waals surface area contributed by atoms with E-state index in [1.165, 1.54) is 17.0 Å². The zero-order valence-electron chi connectivity index (χ0n) is 16.7. The van der Waals surface area contributed by atoms with Crippen LogP contribution in [0.4, 0.5) is 14.9 Å². The van der Waals surface area contributed by atoms with Gasteiger partial charge in [0, 0.05) is 37.8 Å². The van der Waals surface area contributed by atoms with Crippen molar-refractivity contribution in [2.75, 3.05) is 38.3 Å². The summed E-state index contributed by atoms with van der Waals surface area (Å²) in [6.45, 7) is 4.84. The maximum atomic E-state index is 13.1. The largest absolute Gasteiger partial charge is 0.466 e. The molecule has 7 nitrogen and oxygen atoms in total. The zero-order chi connectivity index (χ0) is 20.7. The molecule has 1 aliphatic heterocycles. The molecule has 1 heterocycles. The van der Waals surface area contributed by atoms with E-state index < -0.39 is 11.7 Å². The molecule has 0 bridgehead atoms. The molecule has 0 aromatic heterocycles. The van der Waals surface area contributed by atoms with Crippen LogP contribution in [0.1, 0.15) is 33.1 Å². The molecule has 1 aromatic rings. The van der Waals surface area contributed by atoms with Crippen LogP contribution in [0, 0.1) is 11.2 Å². The van der Waals surface area contributed by atoms with Gasteiger partial charge in [-0.3, -0.25) is 9.69 Å². The van der Waals surface area contributed by atoms with E-state index in [2.05, 4.69) is 0 Å². The molecule has 156 valence electrons. The molecular formula is C20H29FN2O5. The lowest BCUT2D eigenvalue weighted by atomic mass is 9.75. The summed E-state index contributed by atoms with van der Waals surface area (Å²) in [5.41, 5.74) is -0.197. The molecule has 0 saturated carbocycles. The van der Waals surface area contributed by atoms with Crippen LogP contribution >= 0.6 is 0 Å². The van der Waals surface area contributed by atoms with Gasteiger partial charge in [-0.05, 0) is 51.0 Å². The molecule has 2 rings (SSSR count). The summed E-state index contributed by atoms with van der Waals surface area (Å²) >= 11 is 0. The Labute approximate surface area is 165 Å². The highest BCUT2D eigenvalue weighted by atomic mass is 19.1. The van der Waals surface area contributed by atoms with Crippen LogP contribution in [0.2, 0.25) is 0 Å². The van der Waals surface area contributed by atoms with Crippen LogP contribution < -0.4 is 4.90 Å². The van der Waals surface area contributed by atoms with Crippen molar-refractivity contribution in [1.82, 2.24) is 4.90 Å². The van der Waals surface area contributed by atoms with E-state index in [0.717, 1.165) is 0 Å². The van der Waals surface area contributed by atoms with Gasteiger partial charge in [0.1, 0.15) is 5.82 Å². The second kappa shape index (κ2) is 9.84. The predicted octanol–water partition coefficient (Wildman–Crippen LogP) is 2.77. The first-order valence-corrected chi connectivity index (χ1v) is 9.56. The smallest absolute Gasteiger partial charge is 0.324 e. The molecule has 0 radical (unpaired) electrons. The predicted molar refractivity (Wildman–Crippen MR) is 102 cm³/mol. The van der Waals surface area contributed by atoms with Gasteiger partial charge in [-0.2, -0.15) is 0 Å². The third-order valence-corrected chi connectivity index (χ3v) is 5.18. The zero-order valence-corrected chi connectivity index (χ0v) is 16.7. The molecular weight excluding hydrogens is 367 g/mol. The number of nitrogens with zero attached hydrogens (tertiary/aromatic N) is 2. The molecule has 1 aliphatic rings. The number of aliphatic hydroxyl groups excluding tert-OH is 1. The number of halogens is 1. The molecule has 0 spiro atoms. The standard InChI is InChI=1S/C20H29FN2O5/c1-4-27-17(24)14-20(18(25)28-5-2)10-12-23(13-11-20)19(26)22(3)16-8-6-15(21)7-9-16/h6-9,18,25H,4-5,10-14H2,1-3H3. The topological polar surface area (TPSA) is 79.3 Å². The number of urea groups is 1. The summed E-state index contributed by atoms with van der Waals surface area (Å²) in [6.07, 6.45) is -0.238. The Bertz CT molecular complexity index is 659. The van der Waals surface area contributed by atoms with E-state index in [1.54, 1.807) is 37.9 Å². The van der Waals surface area contributed by atoms with Crippen LogP contribution in [-0.4, -0.2) is 61.6 Å². The number of aliphatic hydroxyl groups is 1. The molecule has 1 aromatic carbocycles. The lowest BCUT2D eigenvalue weighted by Crippen LogP contribution is -2.52. The molecule has 0 aliphatic carbocycles. The van der Waals surface area contributed by atoms with Gasteiger partial charge in [-0.1, -0.05) is 0 Å². The normalized spacial score (nSPS) is 17.1. The van der Waals surface area contributed by atoms with Crippen molar-refractivity contribution in [3.63, 3.8) is 0 Å². The molecule has 1 saturated heterocycles. The van der Waals surface area contributed by atoms with Crippen molar-refractivity contribution in [3.05, 3.63) is 30.1 Å². The van der Waals surface area contributed by atoms with Gasteiger partial charge in [0.25, 0.3) is 0 Å². The summed E-state index contributed by atoms with van der Waals surface area (Å²) in [4.78, 5) is 28.0. The van der Waals surface area contributed by atoms with E-state index in [0.29, 0.717) is 38.2 Å². The first-order chi connectivity index (χ1) is 13.3. The lowest BCUT2D eigenvalue weighted by Gasteiger charge is -2.44. The second-order valence-corrected chi connectivity index (χ2v) is 6.96. The molecule has 1 N–H and O–H groups in total. The maximum Gasteiger partial charge on any atom is 0.324 e. The monoisotopic (exact) mass is 396 g/mol. The number of likely N-dealkylation sites (tertiary alicyclic amines) is 1. The molecule has 2 amide bonds. The highest BCUT2D eigenvalue weighted by Crippen LogP contribution is 2.40. The molecule has 28 heavy (non-hydrogen) atoms. The van der Waals surface area contributed by atoms with Gasteiger partial charge < -0.3 is 19.5 Å². The van der Waals surface area contributed by atoms with Crippen molar-refractivity contribution in [2.24, 2.45) is 5.41 Å². The van der Waals surface area contributed by atoms with E-state index in [4.69, 9.17) is 9.47 Å². The maximum absolute atomic E-state index is 13.1. The number of benzene rings is 1. The molecule has 8 heteroatoms. The van der Waals surface area contributed by atoms with Crippen LogP contribution in [0.25, 0.3) is 0 Å². The molecule has 1 atom stereocenters. The number of carbonyl (C=O) groups excluding carboxylic acids is 2. The minimum absolute atomic E-state index is 0.0395. The highest BCUT2D eigenvalue weighted by Gasteiger charge is 2.44. The van der Waals surface area contributed by atoms with Crippen molar-refractivity contribution < 1.29 is 28.6 Å². The van der Waals surface area contributed by atoms with Crippen LogP contribution in [0.15, 0.2) is 24.3 Å². The van der Waals surface area contributed by atoms with Gasteiger partial charge in [-0.25, -0.2) is 9.18 Å². The Balaban J connectivity index is 2.06. The summed E-state index contributed by atoms with van der Waals surface area (Å²) in [7, 11) is 1.63.